The lowest BCUT2D eigenvalue weighted by Crippen LogP contribution is -2.07. The van der Waals surface area contributed by atoms with Gasteiger partial charge in [-0.2, -0.15) is 5.10 Å². The van der Waals surface area contributed by atoms with Gasteiger partial charge in [-0.15, -0.1) is 0 Å². The van der Waals surface area contributed by atoms with Crippen LogP contribution in [0.5, 0.6) is 0 Å². The highest BCUT2D eigenvalue weighted by molar-refractivity contribution is 6.31. The Morgan fingerprint density at radius 1 is 1.39 bits per heavy atom. The maximum Gasteiger partial charge on any atom is 0.148 e. The number of nitrogens with one attached hydrogen (secondary N) is 2. The lowest BCUT2D eigenvalue weighted by molar-refractivity contribution is 0.628. The zero-order valence-corrected chi connectivity index (χ0v) is 11.1. The van der Waals surface area contributed by atoms with Crippen molar-refractivity contribution in [2.45, 2.75) is 13.8 Å². The van der Waals surface area contributed by atoms with Gasteiger partial charge in [0.05, 0.1) is 10.7 Å². The highest BCUT2D eigenvalue weighted by Gasteiger charge is 2.06. The Bertz CT molecular complexity index is 537. The van der Waals surface area contributed by atoms with Gasteiger partial charge in [-0.05, 0) is 24.1 Å². The molecule has 0 fully saturated rings. The quantitative estimate of drug-likeness (QED) is 0.881. The van der Waals surface area contributed by atoms with E-state index in [4.69, 9.17) is 11.6 Å². The number of halogens is 2. The molecule has 0 aliphatic heterocycles. The van der Waals surface area contributed by atoms with Gasteiger partial charge in [-0.25, -0.2) is 4.39 Å². The summed E-state index contributed by atoms with van der Waals surface area (Å²) in [5.41, 5.74) is 1.62. The number of hydrogen-bond donors (Lipinski definition) is 2. The summed E-state index contributed by atoms with van der Waals surface area (Å²) in [6.07, 6.45) is 0. The first-order chi connectivity index (χ1) is 8.56. The van der Waals surface area contributed by atoms with Crippen LogP contribution in [0, 0.1) is 11.7 Å². The molecule has 0 saturated heterocycles. The minimum absolute atomic E-state index is 0.110. The van der Waals surface area contributed by atoms with Crippen molar-refractivity contribution in [2.24, 2.45) is 5.92 Å². The molecule has 1 heterocycles. The number of nitrogens with zero attached hydrogens (tertiary/aromatic N) is 1. The fourth-order valence-electron chi connectivity index (χ4n) is 1.53. The summed E-state index contributed by atoms with van der Waals surface area (Å²) in [7, 11) is 0. The molecule has 0 bridgehead atoms. The van der Waals surface area contributed by atoms with E-state index in [1.807, 2.05) is 6.07 Å². The SMILES string of the molecule is CC(C)CNc1cc(-c2ccc(F)c(Cl)c2)[nH]n1. The predicted octanol–water partition coefficient (Wildman–Crippen LogP) is 3.94. The Hall–Kier alpha value is -1.55. The molecule has 3 nitrogen and oxygen atoms in total. The summed E-state index contributed by atoms with van der Waals surface area (Å²) in [5.74, 6) is 0.905. The van der Waals surface area contributed by atoms with E-state index in [2.05, 4.69) is 29.4 Å². The Morgan fingerprint density at radius 2 is 2.17 bits per heavy atom. The predicted molar refractivity (Wildman–Crippen MR) is 72.3 cm³/mol. The normalized spacial score (nSPS) is 10.9. The van der Waals surface area contributed by atoms with Crippen LogP contribution < -0.4 is 5.32 Å². The van der Waals surface area contributed by atoms with E-state index in [-0.39, 0.29) is 5.02 Å². The lowest BCUT2D eigenvalue weighted by Gasteiger charge is -2.04. The van der Waals surface area contributed by atoms with Crippen LogP contribution in [0.4, 0.5) is 10.2 Å². The minimum Gasteiger partial charge on any atom is -0.368 e. The van der Waals surface area contributed by atoms with Crippen LogP contribution in [0.1, 0.15) is 13.8 Å². The van der Waals surface area contributed by atoms with E-state index >= 15 is 0 Å². The first kappa shape index (κ1) is 12.9. The molecule has 2 aromatic rings. The summed E-state index contributed by atoms with van der Waals surface area (Å²) in [6, 6.07) is 6.48. The van der Waals surface area contributed by atoms with Gasteiger partial charge in [-0.1, -0.05) is 25.4 Å². The van der Waals surface area contributed by atoms with Crippen molar-refractivity contribution in [3.8, 4) is 11.3 Å². The number of benzene rings is 1. The van der Waals surface area contributed by atoms with Crippen molar-refractivity contribution < 1.29 is 4.39 Å². The highest BCUT2D eigenvalue weighted by atomic mass is 35.5. The highest BCUT2D eigenvalue weighted by Crippen LogP contribution is 2.24. The molecule has 1 aromatic heterocycles. The van der Waals surface area contributed by atoms with Crippen LogP contribution >= 0.6 is 11.6 Å². The number of hydrogen-bond acceptors (Lipinski definition) is 2. The molecule has 5 heteroatoms. The van der Waals surface area contributed by atoms with Crippen molar-refractivity contribution in [2.75, 3.05) is 11.9 Å². The van der Waals surface area contributed by atoms with Crippen LogP contribution in [0.25, 0.3) is 11.3 Å². The van der Waals surface area contributed by atoms with Crippen LogP contribution in [-0.2, 0) is 0 Å². The van der Waals surface area contributed by atoms with Gasteiger partial charge >= 0.3 is 0 Å². The average Bonchev–Trinajstić information content (AvgIpc) is 2.79. The molecule has 0 radical (unpaired) electrons. The third kappa shape index (κ3) is 3.01. The largest absolute Gasteiger partial charge is 0.368 e. The summed E-state index contributed by atoms with van der Waals surface area (Å²) in [5, 5.41) is 10.4. The molecule has 18 heavy (non-hydrogen) atoms. The van der Waals surface area contributed by atoms with Crippen LogP contribution in [0.15, 0.2) is 24.3 Å². The molecule has 2 rings (SSSR count). The summed E-state index contributed by atoms with van der Waals surface area (Å²) in [6.45, 7) is 5.11. The van der Waals surface area contributed by atoms with E-state index in [1.54, 1.807) is 12.1 Å². The molecule has 0 unspecified atom stereocenters. The molecule has 0 aliphatic carbocycles. The van der Waals surface area contributed by atoms with E-state index in [9.17, 15) is 4.39 Å². The molecule has 0 aliphatic rings. The lowest BCUT2D eigenvalue weighted by atomic mass is 10.1. The molecule has 1 aromatic carbocycles. The zero-order chi connectivity index (χ0) is 13.1. The van der Waals surface area contributed by atoms with E-state index in [0.717, 1.165) is 23.6 Å². The van der Waals surface area contributed by atoms with Crippen molar-refractivity contribution in [1.82, 2.24) is 10.2 Å². The topological polar surface area (TPSA) is 40.7 Å². The first-order valence-corrected chi connectivity index (χ1v) is 6.19. The summed E-state index contributed by atoms with van der Waals surface area (Å²) in [4.78, 5) is 0. The van der Waals surface area contributed by atoms with E-state index < -0.39 is 5.82 Å². The van der Waals surface area contributed by atoms with Crippen LogP contribution in [0.2, 0.25) is 5.02 Å². The maximum atomic E-state index is 13.1. The van der Waals surface area contributed by atoms with Crippen molar-refractivity contribution >= 4 is 17.4 Å². The van der Waals surface area contributed by atoms with Gasteiger partial charge in [0.1, 0.15) is 11.6 Å². The van der Waals surface area contributed by atoms with Gasteiger partial charge in [0.15, 0.2) is 0 Å². The maximum absolute atomic E-state index is 13.1. The fourth-order valence-corrected chi connectivity index (χ4v) is 1.71. The van der Waals surface area contributed by atoms with Gasteiger partial charge in [0.2, 0.25) is 0 Å². The van der Waals surface area contributed by atoms with Crippen LogP contribution in [-0.4, -0.2) is 16.7 Å². The van der Waals surface area contributed by atoms with Crippen LogP contribution in [0.3, 0.4) is 0 Å². The van der Waals surface area contributed by atoms with Gasteiger partial charge in [0.25, 0.3) is 0 Å². The molecule has 2 N–H and O–H groups in total. The Labute approximate surface area is 110 Å². The number of aromatic amines is 1. The molecule has 0 spiro atoms. The third-order valence-corrected chi connectivity index (χ3v) is 2.79. The molecule has 96 valence electrons. The van der Waals surface area contributed by atoms with Crippen molar-refractivity contribution in [1.29, 1.82) is 0 Å². The third-order valence-electron chi connectivity index (χ3n) is 2.50. The van der Waals surface area contributed by atoms with Gasteiger partial charge < -0.3 is 5.32 Å². The summed E-state index contributed by atoms with van der Waals surface area (Å²) < 4.78 is 13.1. The van der Waals surface area contributed by atoms with Crippen molar-refractivity contribution in [3.63, 3.8) is 0 Å². The summed E-state index contributed by atoms with van der Waals surface area (Å²) >= 11 is 5.75. The number of aromatic nitrogens is 2. The van der Waals surface area contributed by atoms with Gasteiger partial charge in [-0.3, -0.25) is 5.10 Å². The molecular formula is C13H15ClFN3. The Morgan fingerprint density at radius 3 is 2.83 bits per heavy atom. The smallest absolute Gasteiger partial charge is 0.148 e. The molecule has 0 atom stereocenters. The number of H-pyrrole nitrogens is 1. The second-order valence-electron chi connectivity index (χ2n) is 4.57. The molecule has 0 saturated carbocycles. The van der Waals surface area contributed by atoms with E-state index in [0.29, 0.717) is 5.92 Å². The number of anilines is 1. The minimum atomic E-state index is -0.418. The standard InChI is InChI=1S/C13H15ClFN3/c1-8(2)7-16-13-6-12(17-18-13)9-3-4-11(15)10(14)5-9/h3-6,8H,7H2,1-2H3,(H2,16,17,18). The zero-order valence-electron chi connectivity index (χ0n) is 10.3. The fraction of sp³-hybridized carbons (Fsp3) is 0.308. The second kappa shape index (κ2) is 5.40. The first-order valence-electron chi connectivity index (χ1n) is 5.81. The Balaban J connectivity index is 2.16. The second-order valence-corrected chi connectivity index (χ2v) is 4.98. The van der Waals surface area contributed by atoms with E-state index in [1.165, 1.54) is 6.07 Å². The average molecular weight is 268 g/mol. The Kier molecular flexibility index (Phi) is 3.87. The molecular weight excluding hydrogens is 253 g/mol. The monoisotopic (exact) mass is 267 g/mol. The number of rotatable bonds is 4. The molecule has 0 amide bonds. The van der Waals surface area contributed by atoms with Gasteiger partial charge in [0, 0.05) is 18.2 Å². The van der Waals surface area contributed by atoms with Crippen molar-refractivity contribution in [3.05, 3.63) is 35.1 Å².